The Morgan fingerprint density at radius 3 is 2.50 bits per heavy atom. The molecule has 0 aliphatic heterocycles. The van der Waals surface area contributed by atoms with Gasteiger partial charge in [0.1, 0.15) is 0 Å². The standard InChI is InChI=1S/C14H11NO/c16-15-7-5-11(6-8-15)14-9-12-3-1-2-4-13(12)10-14/h1-9H,10H2. The number of hydrogen-bond acceptors (Lipinski definition) is 1. The first-order valence-corrected chi connectivity index (χ1v) is 5.30. The van der Waals surface area contributed by atoms with Crippen molar-refractivity contribution in [2.24, 2.45) is 0 Å². The van der Waals surface area contributed by atoms with Crippen LogP contribution in [0.4, 0.5) is 0 Å². The van der Waals surface area contributed by atoms with Crippen LogP contribution in [0, 0.1) is 5.21 Å². The Labute approximate surface area is 94.1 Å². The maximum atomic E-state index is 11.0. The second kappa shape index (κ2) is 3.49. The molecule has 0 radical (unpaired) electrons. The summed E-state index contributed by atoms with van der Waals surface area (Å²) in [4.78, 5) is 0. The summed E-state index contributed by atoms with van der Waals surface area (Å²) in [6, 6.07) is 12.1. The highest BCUT2D eigenvalue weighted by Gasteiger charge is 2.13. The van der Waals surface area contributed by atoms with Gasteiger partial charge in [0.2, 0.25) is 0 Å². The van der Waals surface area contributed by atoms with Gasteiger partial charge >= 0.3 is 0 Å². The molecule has 0 atom stereocenters. The van der Waals surface area contributed by atoms with Crippen LogP contribution < -0.4 is 4.73 Å². The van der Waals surface area contributed by atoms with E-state index in [4.69, 9.17) is 0 Å². The Balaban J connectivity index is 1.98. The molecule has 0 fully saturated rings. The van der Waals surface area contributed by atoms with Crippen LogP contribution >= 0.6 is 0 Å². The first-order chi connectivity index (χ1) is 7.83. The molecule has 1 aromatic heterocycles. The van der Waals surface area contributed by atoms with Crippen LogP contribution in [0.2, 0.25) is 0 Å². The number of fused-ring (bicyclic) bond motifs is 1. The van der Waals surface area contributed by atoms with Crippen LogP contribution in [0.3, 0.4) is 0 Å². The highest BCUT2D eigenvalue weighted by molar-refractivity contribution is 5.88. The van der Waals surface area contributed by atoms with E-state index in [9.17, 15) is 5.21 Å². The summed E-state index contributed by atoms with van der Waals surface area (Å²) in [7, 11) is 0. The third kappa shape index (κ3) is 1.48. The van der Waals surface area contributed by atoms with Gasteiger partial charge in [-0.25, -0.2) is 0 Å². The van der Waals surface area contributed by atoms with Crippen LogP contribution in [-0.4, -0.2) is 0 Å². The number of rotatable bonds is 1. The average molecular weight is 209 g/mol. The Morgan fingerprint density at radius 2 is 1.75 bits per heavy atom. The Hall–Kier alpha value is -2.09. The zero-order valence-electron chi connectivity index (χ0n) is 8.76. The maximum absolute atomic E-state index is 11.0. The number of aromatic nitrogens is 1. The van der Waals surface area contributed by atoms with E-state index < -0.39 is 0 Å². The summed E-state index contributed by atoms with van der Waals surface area (Å²) in [5, 5.41) is 11.0. The van der Waals surface area contributed by atoms with Crippen molar-refractivity contribution in [1.82, 2.24) is 0 Å². The number of nitrogens with zero attached hydrogens (tertiary/aromatic N) is 1. The van der Waals surface area contributed by atoms with Gasteiger partial charge in [0.15, 0.2) is 12.4 Å². The lowest BCUT2D eigenvalue weighted by Gasteiger charge is -2.01. The van der Waals surface area contributed by atoms with E-state index in [0.29, 0.717) is 0 Å². The largest absolute Gasteiger partial charge is 0.619 e. The second-order valence-electron chi connectivity index (χ2n) is 3.99. The molecule has 0 unspecified atom stereocenters. The normalized spacial score (nSPS) is 13.4. The monoisotopic (exact) mass is 209 g/mol. The topological polar surface area (TPSA) is 26.9 Å². The molecule has 2 heteroatoms. The molecule has 0 N–H and O–H groups in total. The van der Waals surface area contributed by atoms with E-state index in [1.807, 2.05) is 12.1 Å². The van der Waals surface area contributed by atoms with Gasteiger partial charge in [-0.05, 0) is 28.7 Å². The van der Waals surface area contributed by atoms with Crippen molar-refractivity contribution in [2.75, 3.05) is 0 Å². The van der Waals surface area contributed by atoms with Crippen LogP contribution in [0.25, 0.3) is 11.6 Å². The fourth-order valence-corrected chi connectivity index (χ4v) is 2.09. The molecule has 2 aromatic rings. The molecule has 3 rings (SSSR count). The lowest BCUT2D eigenvalue weighted by Crippen LogP contribution is -2.23. The predicted octanol–water partition coefficient (Wildman–Crippen LogP) is 2.42. The molecular weight excluding hydrogens is 198 g/mol. The van der Waals surface area contributed by atoms with E-state index in [2.05, 4.69) is 30.3 Å². The molecule has 1 aliphatic carbocycles. The molecule has 0 spiro atoms. The molecule has 1 heterocycles. The van der Waals surface area contributed by atoms with Gasteiger partial charge in [-0.3, -0.25) is 0 Å². The van der Waals surface area contributed by atoms with Gasteiger partial charge in [0.25, 0.3) is 0 Å². The first-order valence-electron chi connectivity index (χ1n) is 5.30. The Morgan fingerprint density at radius 1 is 1.00 bits per heavy atom. The maximum Gasteiger partial charge on any atom is 0.180 e. The summed E-state index contributed by atoms with van der Waals surface area (Å²) >= 11 is 0. The van der Waals surface area contributed by atoms with Crippen molar-refractivity contribution >= 4 is 11.6 Å². The van der Waals surface area contributed by atoms with Crippen molar-refractivity contribution in [1.29, 1.82) is 0 Å². The van der Waals surface area contributed by atoms with Crippen LogP contribution in [0.15, 0.2) is 48.8 Å². The van der Waals surface area contributed by atoms with E-state index in [0.717, 1.165) is 16.7 Å². The summed E-state index contributed by atoms with van der Waals surface area (Å²) in [5.41, 5.74) is 5.05. The zero-order valence-corrected chi connectivity index (χ0v) is 8.76. The van der Waals surface area contributed by atoms with Crippen molar-refractivity contribution in [3.05, 3.63) is 70.7 Å². The number of benzene rings is 1. The lowest BCUT2D eigenvalue weighted by atomic mass is 10.1. The fourth-order valence-electron chi connectivity index (χ4n) is 2.09. The van der Waals surface area contributed by atoms with Crippen LogP contribution in [-0.2, 0) is 6.42 Å². The zero-order chi connectivity index (χ0) is 11.0. The quantitative estimate of drug-likeness (QED) is 0.523. The Bertz CT molecular complexity index is 555. The number of pyridine rings is 1. The third-order valence-corrected chi connectivity index (χ3v) is 2.94. The minimum Gasteiger partial charge on any atom is -0.619 e. The average Bonchev–Trinajstić information content (AvgIpc) is 2.73. The third-order valence-electron chi connectivity index (χ3n) is 2.94. The highest BCUT2D eigenvalue weighted by Crippen LogP contribution is 2.30. The minimum atomic E-state index is 0.812. The van der Waals surface area contributed by atoms with Gasteiger partial charge in [-0.1, -0.05) is 30.3 Å². The van der Waals surface area contributed by atoms with Gasteiger partial charge < -0.3 is 5.21 Å². The molecule has 2 nitrogen and oxygen atoms in total. The van der Waals surface area contributed by atoms with Gasteiger partial charge in [-0.15, -0.1) is 0 Å². The van der Waals surface area contributed by atoms with E-state index >= 15 is 0 Å². The summed E-state index contributed by atoms with van der Waals surface area (Å²) in [5.74, 6) is 0. The van der Waals surface area contributed by atoms with Gasteiger partial charge in [-0.2, -0.15) is 4.73 Å². The molecule has 0 bridgehead atoms. The van der Waals surface area contributed by atoms with E-state index in [1.165, 1.54) is 16.7 Å². The minimum absolute atomic E-state index is 0.812. The molecular formula is C14H11NO. The molecule has 0 saturated carbocycles. The lowest BCUT2D eigenvalue weighted by molar-refractivity contribution is -0.605. The van der Waals surface area contributed by atoms with E-state index in [1.54, 1.807) is 12.4 Å². The van der Waals surface area contributed by atoms with Crippen molar-refractivity contribution in [3.8, 4) is 0 Å². The SMILES string of the molecule is [O-][n+]1ccc(C2=Cc3ccccc3C2)cc1. The molecule has 1 aromatic carbocycles. The van der Waals surface area contributed by atoms with Crippen molar-refractivity contribution in [2.45, 2.75) is 6.42 Å². The molecule has 1 aliphatic rings. The first kappa shape index (κ1) is 9.16. The molecule has 78 valence electrons. The van der Waals surface area contributed by atoms with Crippen molar-refractivity contribution in [3.63, 3.8) is 0 Å². The Kier molecular flexibility index (Phi) is 2.00. The fraction of sp³-hybridized carbons (Fsp3) is 0.0714. The van der Waals surface area contributed by atoms with Gasteiger partial charge in [0, 0.05) is 12.1 Å². The summed E-state index contributed by atoms with van der Waals surface area (Å²) in [6.45, 7) is 0. The molecule has 0 saturated heterocycles. The van der Waals surface area contributed by atoms with Crippen LogP contribution in [0.1, 0.15) is 16.7 Å². The highest BCUT2D eigenvalue weighted by atomic mass is 16.5. The molecule has 16 heavy (non-hydrogen) atoms. The smallest absolute Gasteiger partial charge is 0.180 e. The van der Waals surface area contributed by atoms with E-state index in [-0.39, 0.29) is 0 Å². The van der Waals surface area contributed by atoms with Crippen molar-refractivity contribution < 1.29 is 4.73 Å². The number of hydrogen-bond donors (Lipinski definition) is 0. The molecule has 0 amide bonds. The van der Waals surface area contributed by atoms with Crippen LogP contribution in [0.5, 0.6) is 0 Å². The summed E-state index contributed by atoms with van der Waals surface area (Å²) < 4.78 is 0.812. The number of allylic oxidation sites excluding steroid dienone is 1. The predicted molar refractivity (Wildman–Crippen MR) is 63.4 cm³/mol. The summed E-state index contributed by atoms with van der Waals surface area (Å²) in [6.07, 6.45) is 6.23. The second-order valence-corrected chi connectivity index (χ2v) is 3.99. The van der Waals surface area contributed by atoms with Gasteiger partial charge in [0.05, 0.1) is 0 Å².